The van der Waals surface area contributed by atoms with Crippen LogP contribution in [0.3, 0.4) is 0 Å². The summed E-state index contributed by atoms with van der Waals surface area (Å²) >= 11 is 0. The van der Waals surface area contributed by atoms with Crippen molar-refractivity contribution in [2.45, 2.75) is 46.0 Å². The van der Waals surface area contributed by atoms with Gasteiger partial charge >= 0.3 is 0 Å². The molecule has 1 aliphatic carbocycles. The van der Waals surface area contributed by atoms with Gasteiger partial charge in [0.2, 0.25) is 0 Å². The predicted molar refractivity (Wildman–Crippen MR) is 113 cm³/mol. The van der Waals surface area contributed by atoms with Gasteiger partial charge in [0.1, 0.15) is 0 Å². The SMILES string of the molecule is CC(C)Cc1cc2ccnc3c2cc1c1cc2c(cc13)C=CCC2(C)C. The summed E-state index contributed by atoms with van der Waals surface area (Å²) in [6, 6.07) is 11.8. The van der Waals surface area contributed by atoms with Crippen LogP contribution in [0.1, 0.15) is 50.8 Å². The number of nitrogens with zero attached hydrogens (tertiary/aromatic N) is 1. The summed E-state index contributed by atoms with van der Waals surface area (Å²) in [7, 11) is 0. The second-order valence-electron chi connectivity index (χ2n) is 8.96. The van der Waals surface area contributed by atoms with E-state index in [1.807, 2.05) is 6.20 Å². The van der Waals surface area contributed by atoms with E-state index in [1.165, 1.54) is 43.6 Å². The molecule has 0 saturated carbocycles. The summed E-state index contributed by atoms with van der Waals surface area (Å²) in [4.78, 5) is 4.76. The van der Waals surface area contributed by atoms with Crippen molar-refractivity contribution in [3.63, 3.8) is 0 Å². The van der Waals surface area contributed by atoms with E-state index in [1.54, 1.807) is 0 Å². The zero-order chi connectivity index (χ0) is 18.1. The quantitative estimate of drug-likeness (QED) is 0.363. The molecular weight excluding hydrogens is 314 g/mol. The van der Waals surface area contributed by atoms with Gasteiger partial charge in [-0.1, -0.05) is 45.9 Å². The minimum atomic E-state index is 0.186. The van der Waals surface area contributed by atoms with Gasteiger partial charge in [-0.05, 0) is 81.3 Å². The van der Waals surface area contributed by atoms with Gasteiger partial charge in [-0.3, -0.25) is 4.98 Å². The predicted octanol–water partition coefficient (Wildman–Crippen LogP) is 6.87. The molecule has 0 amide bonds. The van der Waals surface area contributed by atoms with Crippen LogP contribution in [0, 0.1) is 5.92 Å². The molecule has 0 saturated heterocycles. The van der Waals surface area contributed by atoms with Crippen molar-refractivity contribution in [2.75, 3.05) is 0 Å². The Bertz CT molecular complexity index is 1180. The number of hydrogen-bond donors (Lipinski definition) is 0. The van der Waals surface area contributed by atoms with Gasteiger partial charge in [-0.15, -0.1) is 0 Å². The number of fused-ring (bicyclic) bond motifs is 5. The Morgan fingerprint density at radius 3 is 2.65 bits per heavy atom. The molecule has 0 N–H and O–H groups in total. The van der Waals surface area contributed by atoms with Crippen molar-refractivity contribution in [3.05, 3.63) is 59.3 Å². The molecule has 3 aromatic carbocycles. The average molecular weight is 339 g/mol. The van der Waals surface area contributed by atoms with Crippen LogP contribution in [0.2, 0.25) is 0 Å². The van der Waals surface area contributed by atoms with Crippen LogP contribution in [0.5, 0.6) is 0 Å². The molecule has 0 fully saturated rings. The van der Waals surface area contributed by atoms with Crippen molar-refractivity contribution >= 4 is 38.5 Å². The molecular formula is C25H25N. The van der Waals surface area contributed by atoms with Gasteiger partial charge in [-0.2, -0.15) is 0 Å². The molecule has 1 aromatic heterocycles. The highest BCUT2D eigenvalue weighted by atomic mass is 14.6. The van der Waals surface area contributed by atoms with E-state index in [2.05, 4.69) is 70.2 Å². The Morgan fingerprint density at radius 1 is 1.00 bits per heavy atom. The lowest BCUT2D eigenvalue weighted by molar-refractivity contribution is 0.529. The normalized spacial score (nSPS) is 16.2. The third-order valence-electron chi connectivity index (χ3n) is 6.01. The van der Waals surface area contributed by atoms with Gasteiger partial charge in [0.05, 0.1) is 5.52 Å². The number of rotatable bonds is 2. The van der Waals surface area contributed by atoms with Crippen molar-refractivity contribution in [2.24, 2.45) is 5.92 Å². The summed E-state index contributed by atoms with van der Waals surface area (Å²) < 4.78 is 0. The lowest BCUT2D eigenvalue weighted by atomic mass is 9.74. The number of hydrogen-bond acceptors (Lipinski definition) is 1. The van der Waals surface area contributed by atoms with E-state index < -0.39 is 0 Å². The molecule has 0 spiro atoms. The number of pyridine rings is 1. The Labute approximate surface area is 155 Å². The molecule has 2 bridgehead atoms. The molecule has 1 heteroatoms. The lowest BCUT2D eigenvalue weighted by Crippen LogP contribution is -2.19. The maximum absolute atomic E-state index is 4.76. The van der Waals surface area contributed by atoms with Crippen LogP contribution in [0.15, 0.2) is 42.6 Å². The zero-order valence-electron chi connectivity index (χ0n) is 16.1. The summed E-state index contributed by atoms with van der Waals surface area (Å²) in [5.41, 5.74) is 5.62. The van der Waals surface area contributed by atoms with E-state index in [0.29, 0.717) is 5.92 Å². The van der Waals surface area contributed by atoms with Crippen LogP contribution in [0.4, 0.5) is 0 Å². The fraction of sp³-hybridized carbons (Fsp3) is 0.320. The minimum absolute atomic E-state index is 0.186. The van der Waals surface area contributed by atoms with Crippen LogP contribution in [0.25, 0.3) is 38.5 Å². The molecule has 130 valence electrons. The highest BCUT2D eigenvalue weighted by molar-refractivity contribution is 6.20. The van der Waals surface area contributed by atoms with Crippen LogP contribution in [-0.4, -0.2) is 4.98 Å². The van der Waals surface area contributed by atoms with Gasteiger partial charge in [0.25, 0.3) is 0 Å². The first-order valence-corrected chi connectivity index (χ1v) is 9.71. The summed E-state index contributed by atoms with van der Waals surface area (Å²) in [5, 5.41) is 6.69. The Kier molecular flexibility index (Phi) is 3.22. The van der Waals surface area contributed by atoms with Crippen molar-refractivity contribution in [1.82, 2.24) is 4.98 Å². The molecule has 1 heterocycles. The van der Waals surface area contributed by atoms with Crippen LogP contribution < -0.4 is 0 Å². The van der Waals surface area contributed by atoms with Crippen molar-refractivity contribution in [1.29, 1.82) is 0 Å². The first kappa shape index (κ1) is 15.8. The largest absolute Gasteiger partial charge is 0.256 e. The highest BCUT2D eigenvalue weighted by Gasteiger charge is 2.26. The molecule has 0 atom stereocenters. The second kappa shape index (κ2) is 5.30. The number of aromatic nitrogens is 1. The fourth-order valence-electron chi connectivity index (χ4n) is 4.69. The molecule has 0 aliphatic heterocycles. The van der Waals surface area contributed by atoms with Crippen molar-refractivity contribution < 1.29 is 0 Å². The molecule has 1 aliphatic rings. The number of benzene rings is 3. The van der Waals surface area contributed by atoms with Gasteiger partial charge < -0.3 is 0 Å². The average Bonchev–Trinajstić information content (AvgIpc) is 2.59. The van der Waals surface area contributed by atoms with Crippen LogP contribution in [-0.2, 0) is 11.8 Å². The molecule has 0 unspecified atom stereocenters. The minimum Gasteiger partial charge on any atom is -0.256 e. The monoisotopic (exact) mass is 339 g/mol. The zero-order valence-corrected chi connectivity index (χ0v) is 16.1. The summed E-state index contributed by atoms with van der Waals surface area (Å²) in [6.45, 7) is 9.32. The van der Waals surface area contributed by atoms with Gasteiger partial charge in [0.15, 0.2) is 0 Å². The second-order valence-corrected chi connectivity index (χ2v) is 8.96. The molecule has 4 aromatic rings. The Morgan fingerprint density at radius 2 is 1.85 bits per heavy atom. The maximum Gasteiger partial charge on any atom is 0.0786 e. The topological polar surface area (TPSA) is 12.9 Å². The summed E-state index contributed by atoms with van der Waals surface area (Å²) in [6.07, 6.45) is 8.78. The molecule has 5 rings (SSSR count). The Balaban J connectivity index is 1.97. The third-order valence-corrected chi connectivity index (χ3v) is 6.01. The highest BCUT2D eigenvalue weighted by Crippen LogP contribution is 2.42. The van der Waals surface area contributed by atoms with E-state index in [4.69, 9.17) is 4.98 Å². The summed E-state index contributed by atoms with van der Waals surface area (Å²) in [5.74, 6) is 0.646. The van der Waals surface area contributed by atoms with E-state index in [0.717, 1.165) is 18.4 Å². The van der Waals surface area contributed by atoms with E-state index >= 15 is 0 Å². The Hall–Kier alpha value is -2.41. The fourth-order valence-corrected chi connectivity index (χ4v) is 4.69. The third kappa shape index (κ3) is 2.19. The van der Waals surface area contributed by atoms with E-state index in [9.17, 15) is 0 Å². The van der Waals surface area contributed by atoms with Crippen LogP contribution >= 0.6 is 0 Å². The molecule has 0 radical (unpaired) electrons. The number of allylic oxidation sites excluding steroid dienone is 1. The first-order chi connectivity index (χ1) is 12.4. The molecule has 1 nitrogen and oxygen atoms in total. The van der Waals surface area contributed by atoms with Gasteiger partial charge in [0, 0.05) is 17.0 Å². The van der Waals surface area contributed by atoms with E-state index in [-0.39, 0.29) is 5.41 Å². The lowest BCUT2D eigenvalue weighted by Gasteiger charge is -2.30. The maximum atomic E-state index is 4.76. The van der Waals surface area contributed by atoms with Gasteiger partial charge in [-0.25, -0.2) is 0 Å². The first-order valence-electron chi connectivity index (χ1n) is 9.71. The van der Waals surface area contributed by atoms with Crippen molar-refractivity contribution in [3.8, 4) is 0 Å². The standard InChI is InChI=1S/C25H25N/c1-15(2)10-18-11-16-7-9-26-24-20(16)13-19(18)21-14-23-17(12-22(21)24)6-5-8-25(23,3)4/h5-7,9,11-15H,8,10H2,1-4H3. The molecule has 26 heavy (non-hydrogen) atoms. The smallest absolute Gasteiger partial charge is 0.0786 e.